The van der Waals surface area contributed by atoms with Crippen LogP contribution in [0.3, 0.4) is 0 Å². The van der Waals surface area contributed by atoms with E-state index in [9.17, 15) is 32.3 Å². The highest BCUT2D eigenvalue weighted by Gasteiger charge is 2.45. The van der Waals surface area contributed by atoms with Crippen molar-refractivity contribution in [2.45, 2.75) is 19.1 Å². The Hall–Kier alpha value is -3.94. The van der Waals surface area contributed by atoms with Gasteiger partial charge in [-0.3, -0.25) is 14.5 Å². The van der Waals surface area contributed by atoms with Gasteiger partial charge in [0.05, 0.1) is 5.56 Å². The van der Waals surface area contributed by atoms with E-state index in [4.69, 9.17) is 0 Å². The first-order chi connectivity index (χ1) is 15.6. The number of aryl methyl sites for hydroxylation is 1. The average Bonchev–Trinajstić information content (AvgIpc) is 3.04. The van der Waals surface area contributed by atoms with Crippen LogP contribution in [0.15, 0.2) is 78.6 Å². The zero-order valence-corrected chi connectivity index (χ0v) is 17.2. The largest absolute Gasteiger partial charge is 0.503 e. The normalized spacial score (nSPS) is 16.5. The second-order valence-electron chi connectivity index (χ2n) is 7.63. The highest BCUT2D eigenvalue weighted by molar-refractivity contribution is 6.25. The van der Waals surface area contributed by atoms with Crippen LogP contribution < -0.4 is 4.90 Å². The third-order valence-corrected chi connectivity index (χ3v) is 5.40. The summed E-state index contributed by atoms with van der Waals surface area (Å²) in [5.41, 5.74) is 0.0333. The minimum Gasteiger partial charge on any atom is -0.503 e. The van der Waals surface area contributed by atoms with Crippen molar-refractivity contribution in [2.75, 3.05) is 4.90 Å². The third kappa shape index (κ3) is 4.11. The predicted molar refractivity (Wildman–Crippen MR) is 114 cm³/mol. The van der Waals surface area contributed by atoms with E-state index in [1.54, 1.807) is 24.3 Å². The molecule has 0 bridgehead atoms. The molecule has 1 N–H and O–H groups in total. The van der Waals surface area contributed by atoms with Crippen molar-refractivity contribution >= 4 is 23.0 Å². The molecule has 1 amide bonds. The predicted octanol–water partition coefficient (Wildman–Crippen LogP) is 5.72. The van der Waals surface area contributed by atoms with Gasteiger partial charge in [-0.15, -0.1) is 0 Å². The molecule has 1 heterocycles. The number of ketones is 1. The van der Waals surface area contributed by atoms with Crippen molar-refractivity contribution in [3.63, 3.8) is 0 Å². The van der Waals surface area contributed by atoms with E-state index in [0.29, 0.717) is 5.56 Å². The van der Waals surface area contributed by atoms with Gasteiger partial charge >= 0.3 is 6.18 Å². The van der Waals surface area contributed by atoms with Crippen molar-refractivity contribution in [2.24, 2.45) is 0 Å². The Balaban J connectivity index is 1.89. The van der Waals surface area contributed by atoms with E-state index in [0.717, 1.165) is 40.8 Å². The average molecular weight is 455 g/mol. The topological polar surface area (TPSA) is 57.6 Å². The first kappa shape index (κ1) is 22.3. The zero-order chi connectivity index (χ0) is 23.9. The molecule has 4 rings (SSSR count). The van der Waals surface area contributed by atoms with Crippen LogP contribution in [0.2, 0.25) is 0 Å². The Morgan fingerprint density at radius 3 is 2.21 bits per heavy atom. The van der Waals surface area contributed by atoms with E-state index in [1.807, 2.05) is 6.92 Å². The molecule has 3 aromatic carbocycles. The monoisotopic (exact) mass is 455 g/mol. The fourth-order valence-corrected chi connectivity index (χ4v) is 3.75. The van der Waals surface area contributed by atoms with E-state index in [1.165, 1.54) is 18.2 Å². The van der Waals surface area contributed by atoms with Crippen molar-refractivity contribution in [1.82, 2.24) is 0 Å². The SMILES string of the molecule is Cc1ccc(C2=C(O)C(=O)N(c3cccc(C(F)(F)F)c3)C2C(=O)c2ccc(F)cc2)cc1. The summed E-state index contributed by atoms with van der Waals surface area (Å²) in [4.78, 5) is 27.4. The molecule has 33 heavy (non-hydrogen) atoms. The first-order valence-electron chi connectivity index (χ1n) is 9.88. The maximum atomic E-state index is 13.5. The molecule has 4 nitrogen and oxygen atoms in total. The van der Waals surface area contributed by atoms with Crippen molar-refractivity contribution in [1.29, 1.82) is 0 Å². The van der Waals surface area contributed by atoms with Crippen LogP contribution in [-0.2, 0) is 11.0 Å². The number of anilines is 1. The highest BCUT2D eigenvalue weighted by Crippen LogP contribution is 2.40. The maximum Gasteiger partial charge on any atom is 0.416 e. The number of amides is 1. The van der Waals surface area contributed by atoms with Gasteiger partial charge in [0.1, 0.15) is 11.9 Å². The number of nitrogens with zero attached hydrogens (tertiary/aromatic N) is 1. The number of rotatable bonds is 4. The molecule has 8 heteroatoms. The molecular formula is C25H17F4NO3. The van der Waals surface area contributed by atoms with E-state index >= 15 is 0 Å². The standard InChI is InChI=1S/C25H17F4NO3/c1-14-5-7-15(8-6-14)20-21(22(31)16-9-11-18(26)12-10-16)30(24(33)23(20)32)19-4-2-3-17(13-19)25(27,28)29/h2-13,21,32H,1H3. The molecule has 1 aliphatic rings. The van der Waals surface area contributed by atoms with Crippen LogP contribution in [0.5, 0.6) is 0 Å². The van der Waals surface area contributed by atoms with Gasteiger partial charge in [0.25, 0.3) is 5.91 Å². The van der Waals surface area contributed by atoms with Crippen LogP contribution in [0.1, 0.15) is 27.0 Å². The summed E-state index contributed by atoms with van der Waals surface area (Å²) in [5, 5.41) is 10.7. The maximum absolute atomic E-state index is 13.5. The minimum absolute atomic E-state index is 0.0329. The van der Waals surface area contributed by atoms with Gasteiger partial charge in [-0.1, -0.05) is 35.9 Å². The lowest BCUT2D eigenvalue weighted by molar-refractivity contribution is -0.137. The lowest BCUT2D eigenvalue weighted by Gasteiger charge is -2.26. The second-order valence-corrected chi connectivity index (χ2v) is 7.63. The molecular weight excluding hydrogens is 438 g/mol. The number of aliphatic hydroxyl groups excluding tert-OH is 1. The van der Waals surface area contributed by atoms with Crippen molar-refractivity contribution in [3.05, 3.63) is 107 Å². The van der Waals surface area contributed by atoms with Gasteiger partial charge in [-0.2, -0.15) is 13.2 Å². The van der Waals surface area contributed by atoms with Gasteiger partial charge < -0.3 is 5.11 Å². The summed E-state index contributed by atoms with van der Waals surface area (Å²) in [6.45, 7) is 1.83. The number of halogens is 4. The fourth-order valence-electron chi connectivity index (χ4n) is 3.75. The molecule has 0 fully saturated rings. The van der Waals surface area contributed by atoms with Crippen molar-refractivity contribution < 1.29 is 32.3 Å². The minimum atomic E-state index is -4.68. The van der Waals surface area contributed by atoms with Gasteiger partial charge in [0.2, 0.25) is 0 Å². The molecule has 3 aromatic rings. The summed E-state index contributed by atoms with van der Waals surface area (Å²) in [6.07, 6.45) is -4.68. The summed E-state index contributed by atoms with van der Waals surface area (Å²) in [5.74, 6) is -3.01. The summed E-state index contributed by atoms with van der Waals surface area (Å²) >= 11 is 0. The number of carbonyl (C=O) groups is 2. The van der Waals surface area contributed by atoms with Crippen LogP contribution >= 0.6 is 0 Å². The van der Waals surface area contributed by atoms with Gasteiger partial charge in [0, 0.05) is 16.8 Å². The molecule has 0 spiro atoms. The molecule has 0 saturated heterocycles. The number of hydrogen-bond donors (Lipinski definition) is 1. The van der Waals surface area contributed by atoms with Crippen LogP contribution in [0.4, 0.5) is 23.2 Å². The van der Waals surface area contributed by atoms with Gasteiger partial charge in [-0.05, 0) is 55.0 Å². The lowest BCUT2D eigenvalue weighted by Crippen LogP contribution is -2.41. The van der Waals surface area contributed by atoms with E-state index < -0.39 is 41.0 Å². The molecule has 168 valence electrons. The smallest absolute Gasteiger partial charge is 0.416 e. The van der Waals surface area contributed by atoms with Crippen LogP contribution in [0, 0.1) is 12.7 Å². The van der Waals surface area contributed by atoms with Gasteiger partial charge in [-0.25, -0.2) is 4.39 Å². The van der Waals surface area contributed by atoms with E-state index in [2.05, 4.69) is 0 Å². The molecule has 1 aliphatic heterocycles. The molecule has 0 aliphatic carbocycles. The number of aliphatic hydroxyl groups is 1. The molecule has 1 atom stereocenters. The molecule has 0 saturated carbocycles. The number of carbonyl (C=O) groups excluding carboxylic acids is 2. The number of alkyl halides is 3. The Kier molecular flexibility index (Phi) is 5.53. The first-order valence-corrected chi connectivity index (χ1v) is 9.88. The zero-order valence-electron chi connectivity index (χ0n) is 17.2. The Morgan fingerprint density at radius 2 is 1.61 bits per heavy atom. The fraction of sp³-hybridized carbons (Fsp3) is 0.120. The lowest BCUT2D eigenvalue weighted by atomic mass is 9.92. The Labute approximate surface area is 186 Å². The quantitative estimate of drug-likeness (QED) is 0.404. The summed E-state index contributed by atoms with van der Waals surface area (Å²) < 4.78 is 53.3. The van der Waals surface area contributed by atoms with Crippen LogP contribution in [0.25, 0.3) is 5.57 Å². The Bertz CT molecular complexity index is 1260. The number of hydrogen-bond acceptors (Lipinski definition) is 3. The summed E-state index contributed by atoms with van der Waals surface area (Å²) in [6, 6.07) is 13.7. The highest BCUT2D eigenvalue weighted by atomic mass is 19.4. The number of Topliss-reactive ketones (excluding diaryl/α,β-unsaturated/α-hetero) is 1. The van der Waals surface area contributed by atoms with E-state index in [-0.39, 0.29) is 16.8 Å². The van der Waals surface area contributed by atoms with Gasteiger partial charge in [0.15, 0.2) is 11.5 Å². The summed E-state index contributed by atoms with van der Waals surface area (Å²) in [7, 11) is 0. The Morgan fingerprint density at radius 1 is 0.970 bits per heavy atom. The molecule has 1 unspecified atom stereocenters. The van der Waals surface area contributed by atoms with Crippen LogP contribution in [-0.4, -0.2) is 22.8 Å². The second kappa shape index (κ2) is 8.20. The third-order valence-electron chi connectivity index (χ3n) is 5.40. The molecule has 0 radical (unpaired) electrons. The van der Waals surface area contributed by atoms with Crippen molar-refractivity contribution in [3.8, 4) is 0 Å². The molecule has 0 aromatic heterocycles. The number of benzene rings is 3.